The molecule has 2 rings (SSSR count). The lowest BCUT2D eigenvalue weighted by atomic mass is 10.1. The zero-order chi connectivity index (χ0) is 14.7. The summed E-state index contributed by atoms with van der Waals surface area (Å²) in [5.41, 5.74) is 0. The molecule has 0 bridgehead atoms. The maximum atomic E-state index is 12.4. The molecule has 2 aliphatic heterocycles. The van der Waals surface area contributed by atoms with Crippen molar-refractivity contribution >= 4 is 17.9 Å². The van der Waals surface area contributed by atoms with Gasteiger partial charge < -0.3 is 15.3 Å². The maximum Gasteiger partial charge on any atom is 0.408 e. The summed E-state index contributed by atoms with van der Waals surface area (Å²) in [5, 5.41) is 12.0. The Morgan fingerprint density at radius 1 is 1.35 bits per heavy atom. The zero-order valence-corrected chi connectivity index (χ0v) is 11.7. The van der Waals surface area contributed by atoms with Gasteiger partial charge in [-0.3, -0.25) is 14.5 Å². The number of nitrogens with one attached hydrogen (secondary N) is 1. The minimum absolute atomic E-state index is 0.202. The average molecular weight is 283 g/mol. The molecule has 0 aromatic rings. The Kier molecular flexibility index (Phi) is 4.46. The molecule has 0 aromatic heterocycles. The predicted molar refractivity (Wildman–Crippen MR) is 71.2 cm³/mol. The van der Waals surface area contributed by atoms with Crippen molar-refractivity contribution in [3.05, 3.63) is 0 Å². The second-order valence-corrected chi connectivity index (χ2v) is 5.35. The second kappa shape index (κ2) is 6.11. The Hall–Kier alpha value is -1.79. The van der Waals surface area contributed by atoms with Crippen molar-refractivity contribution in [1.29, 1.82) is 0 Å². The number of amides is 3. The van der Waals surface area contributed by atoms with Crippen LogP contribution in [-0.4, -0.2) is 64.5 Å². The molecule has 7 heteroatoms. The molecule has 2 saturated heterocycles. The number of likely N-dealkylation sites (tertiary alicyclic amines) is 1. The van der Waals surface area contributed by atoms with E-state index in [2.05, 4.69) is 5.32 Å². The summed E-state index contributed by atoms with van der Waals surface area (Å²) in [7, 11) is 0. The Bertz CT molecular complexity index is 406. The first kappa shape index (κ1) is 14.6. The third kappa shape index (κ3) is 2.86. The van der Waals surface area contributed by atoms with E-state index < -0.39 is 18.2 Å². The van der Waals surface area contributed by atoms with Crippen molar-refractivity contribution in [1.82, 2.24) is 15.1 Å². The highest BCUT2D eigenvalue weighted by Crippen LogP contribution is 2.18. The second-order valence-electron chi connectivity index (χ2n) is 5.35. The first-order valence-corrected chi connectivity index (χ1v) is 7.10. The van der Waals surface area contributed by atoms with Gasteiger partial charge in [0.25, 0.3) is 0 Å². The average Bonchev–Trinajstić information content (AvgIpc) is 2.85. The fourth-order valence-corrected chi connectivity index (χ4v) is 2.91. The van der Waals surface area contributed by atoms with Crippen LogP contribution in [0.2, 0.25) is 0 Å². The molecular formula is C13H21N3O4. The molecule has 2 fully saturated rings. The van der Waals surface area contributed by atoms with Crippen molar-refractivity contribution in [2.45, 2.75) is 44.7 Å². The lowest BCUT2D eigenvalue weighted by Gasteiger charge is -2.35. The summed E-state index contributed by atoms with van der Waals surface area (Å²) < 4.78 is 0. The first-order valence-electron chi connectivity index (χ1n) is 7.10. The third-order valence-electron chi connectivity index (χ3n) is 4.02. The topological polar surface area (TPSA) is 90.0 Å². The van der Waals surface area contributed by atoms with Crippen molar-refractivity contribution in [3.8, 4) is 0 Å². The first-order chi connectivity index (χ1) is 9.52. The van der Waals surface area contributed by atoms with E-state index >= 15 is 0 Å². The van der Waals surface area contributed by atoms with Crippen LogP contribution < -0.4 is 5.32 Å². The highest BCUT2D eigenvalue weighted by atomic mass is 16.4. The minimum atomic E-state index is -1.22. The molecule has 2 atom stereocenters. The highest BCUT2D eigenvalue weighted by molar-refractivity contribution is 5.91. The van der Waals surface area contributed by atoms with Crippen LogP contribution in [-0.2, 0) is 9.59 Å². The quantitative estimate of drug-likeness (QED) is 0.777. The fourth-order valence-electron chi connectivity index (χ4n) is 2.91. The van der Waals surface area contributed by atoms with Crippen LogP contribution in [0, 0.1) is 0 Å². The number of hydrogen-bond acceptors (Lipinski definition) is 3. The molecule has 7 nitrogen and oxygen atoms in total. The minimum Gasteiger partial charge on any atom is -0.465 e. The molecule has 0 aromatic carbocycles. The van der Waals surface area contributed by atoms with Crippen molar-refractivity contribution in [3.63, 3.8) is 0 Å². The van der Waals surface area contributed by atoms with E-state index in [0.29, 0.717) is 26.1 Å². The van der Waals surface area contributed by atoms with E-state index in [-0.39, 0.29) is 11.8 Å². The van der Waals surface area contributed by atoms with Crippen LogP contribution in [0.4, 0.5) is 4.79 Å². The van der Waals surface area contributed by atoms with Gasteiger partial charge in [0.05, 0.1) is 0 Å². The molecular weight excluding hydrogens is 262 g/mol. The van der Waals surface area contributed by atoms with E-state index in [0.717, 1.165) is 24.2 Å². The van der Waals surface area contributed by atoms with Crippen LogP contribution in [0.3, 0.4) is 0 Å². The van der Waals surface area contributed by atoms with E-state index in [1.807, 2.05) is 0 Å². The Morgan fingerprint density at radius 2 is 2.00 bits per heavy atom. The van der Waals surface area contributed by atoms with Crippen molar-refractivity contribution < 1.29 is 19.5 Å². The number of carbonyl (C=O) groups excluding carboxylic acids is 2. The van der Waals surface area contributed by atoms with Gasteiger partial charge in [-0.05, 0) is 32.6 Å². The van der Waals surface area contributed by atoms with Gasteiger partial charge in [-0.2, -0.15) is 0 Å². The number of rotatable bonds is 3. The summed E-state index contributed by atoms with van der Waals surface area (Å²) in [4.78, 5) is 38.2. The van der Waals surface area contributed by atoms with Crippen molar-refractivity contribution in [2.75, 3.05) is 19.6 Å². The molecule has 0 saturated carbocycles. The number of carboxylic acid groups (broad SMARTS) is 1. The highest BCUT2D eigenvalue weighted by Gasteiger charge is 2.40. The van der Waals surface area contributed by atoms with Gasteiger partial charge in [0, 0.05) is 19.6 Å². The van der Waals surface area contributed by atoms with E-state index in [9.17, 15) is 19.5 Å². The van der Waals surface area contributed by atoms with E-state index in [4.69, 9.17) is 0 Å². The molecule has 1 unspecified atom stereocenters. The lowest BCUT2D eigenvalue weighted by Crippen LogP contribution is -2.55. The molecule has 2 N–H and O–H groups in total. The summed E-state index contributed by atoms with van der Waals surface area (Å²) >= 11 is 0. The van der Waals surface area contributed by atoms with Crippen LogP contribution >= 0.6 is 0 Å². The lowest BCUT2D eigenvalue weighted by molar-refractivity contribution is -0.138. The molecule has 0 spiro atoms. The molecule has 2 aliphatic rings. The van der Waals surface area contributed by atoms with E-state index in [1.165, 1.54) is 0 Å². The van der Waals surface area contributed by atoms with Gasteiger partial charge in [-0.1, -0.05) is 0 Å². The Balaban J connectivity index is 2.09. The monoisotopic (exact) mass is 283 g/mol. The largest absolute Gasteiger partial charge is 0.465 e. The molecule has 0 aliphatic carbocycles. The molecule has 0 radical (unpaired) electrons. The van der Waals surface area contributed by atoms with Crippen LogP contribution in [0.15, 0.2) is 0 Å². The van der Waals surface area contributed by atoms with Gasteiger partial charge >= 0.3 is 6.09 Å². The molecule has 112 valence electrons. The molecule has 20 heavy (non-hydrogen) atoms. The summed E-state index contributed by atoms with van der Waals surface area (Å²) in [5.74, 6) is -0.516. The number of hydrogen-bond donors (Lipinski definition) is 2. The Labute approximate surface area is 117 Å². The molecule has 3 amide bonds. The summed E-state index contributed by atoms with van der Waals surface area (Å²) in [6, 6.07) is -1.57. The maximum absolute atomic E-state index is 12.4. The van der Waals surface area contributed by atoms with Crippen molar-refractivity contribution in [2.24, 2.45) is 0 Å². The van der Waals surface area contributed by atoms with Gasteiger partial charge in [-0.25, -0.2) is 4.79 Å². The van der Waals surface area contributed by atoms with E-state index in [1.54, 1.807) is 11.8 Å². The number of piperidine rings is 1. The predicted octanol–water partition coefficient (Wildman–Crippen LogP) is 0.256. The standard InChI is InChI=1S/C13H21N3O4/c1-9(12(18)15-7-3-2-4-8-15)16(13(19)20)10-5-6-14-11(10)17/h9-10H,2-8H2,1H3,(H,14,17)(H,19,20)/t9-,10?/m0/s1. The van der Waals surface area contributed by atoms with Gasteiger partial charge in [-0.15, -0.1) is 0 Å². The van der Waals surface area contributed by atoms with Gasteiger partial charge in [0.1, 0.15) is 12.1 Å². The third-order valence-corrected chi connectivity index (χ3v) is 4.02. The van der Waals surface area contributed by atoms with Gasteiger partial charge in [0.15, 0.2) is 0 Å². The smallest absolute Gasteiger partial charge is 0.408 e. The van der Waals surface area contributed by atoms with Crippen LogP contribution in [0.5, 0.6) is 0 Å². The fraction of sp³-hybridized carbons (Fsp3) is 0.769. The SMILES string of the molecule is C[C@@H](C(=O)N1CCCCC1)N(C(=O)O)C1CCNC1=O. The normalized spacial score (nSPS) is 24.1. The number of nitrogens with zero attached hydrogens (tertiary/aromatic N) is 2. The zero-order valence-electron chi connectivity index (χ0n) is 11.7. The summed E-state index contributed by atoms with van der Waals surface area (Å²) in [6.07, 6.45) is 2.21. The van der Waals surface area contributed by atoms with Gasteiger partial charge in [0.2, 0.25) is 11.8 Å². The van der Waals surface area contributed by atoms with Crippen LogP contribution in [0.25, 0.3) is 0 Å². The summed E-state index contributed by atoms with van der Waals surface area (Å²) in [6.45, 7) is 3.37. The molecule has 2 heterocycles. The number of carbonyl (C=O) groups is 3. The van der Waals surface area contributed by atoms with Crippen LogP contribution in [0.1, 0.15) is 32.6 Å². The Morgan fingerprint density at radius 3 is 2.50 bits per heavy atom.